The van der Waals surface area contributed by atoms with E-state index in [9.17, 15) is 0 Å². The van der Waals surface area contributed by atoms with Gasteiger partial charge in [0.15, 0.2) is 0 Å². The van der Waals surface area contributed by atoms with E-state index >= 15 is 0 Å². The molecule has 5 nitrogen and oxygen atoms in total. The Hall–Kier alpha value is -1.01. The van der Waals surface area contributed by atoms with Crippen LogP contribution in [0.5, 0.6) is 0 Å². The van der Waals surface area contributed by atoms with E-state index in [-0.39, 0.29) is 0 Å². The Morgan fingerprint density at radius 2 is 2.16 bits per heavy atom. The second kappa shape index (κ2) is 5.96. The fourth-order valence-electron chi connectivity index (χ4n) is 2.45. The fraction of sp³-hybridized carbons (Fsp3) is 0.692. The number of nitrogen functional groups attached to an aromatic ring is 1. The Bertz CT molecular complexity index is 429. The number of aromatic nitrogens is 2. The summed E-state index contributed by atoms with van der Waals surface area (Å²) in [5, 5.41) is 3.48. The largest absolute Gasteiger partial charge is 0.368 e. The number of nitrogens with zero attached hydrogens (tertiary/aromatic N) is 2. The normalized spacial score (nSPS) is 22.8. The summed E-state index contributed by atoms with van der Waals surface area (Å²) in [6.07, 6.45) is 4.11. The predicted molar refractivity (Wildman–Crippen MR) is 82.5 cm³/mol. The van der Waals surface area contributed by atoms with E-state index in [1.807, 2.05) is 11.8 Å². The van der Waals surface area contributed by atoms with Crippen LogP contribution >= 0.6 is 11.8 Å². The van der Waals surface area contributed by atoms with Crippen LogP contribution in [0.1, 0.15) is 45.1 Å². The number of hydrogen-bond donors (Lipinski definition) is 3. The quantitative estimate of drug-likeness (QED) is 0.569. The van der Waals surface area contributed by atoms with E-state index in [4.69, 9.17) is 5.84 Å². The van der Waals surface area contributed by atoms with Gasteiger partial charge >= 0.3 is 0 Å². The second-order valence-corrected chi connectivity index (χ2v) is 7.22. The number of hydrazine groups is 1. The molecule has 0 spiro atoms. The SMILES string of the molecule is CC(C)c1c(NN)ncnc1NCC1(C)CCCS1. The van der Waals surface area contributed by atoms with Crippen molar-refractivity contribution in [1.29, 1.82) is 0 Å². The number of thioether (sulfide) groups is 1. The summed E-state index contributed by atoms with van der Waals surface area (Å²) < 4.78 is 0.315. The van der Waals surface area contributed by atoms with E-state index in [1.54, 1.807) is 6.33 Å². The van der Waals surface area contributed by atoms with Gasteiger partial charge in [-0.15, -0.1) is 0 Å². The molecule has 1 aliphatic rings. The van der Waals surface area contributed by atoms with Crippen molar-refractivity contribution < 1.29 is 0 Å². The van der Waals surface area contributed by atoms with Gasteiger partial charge < -0.3 is 10.7 Å². The molecule has 6 heteroatoms. The lowest BCUT2D eigenvalue weighted by Gasteiger charge is -2.25. The molecule has 0 bridgehead atoms. The second-order valence-electron chi connectivity index (χ2n) is 5.54. The van der Waals surface area contributed by atoms with Crippen LogP contribution < -0.4 is 16.6 Å². The van der Waals surface area contributed by atoms with E-state index in [2.05, 4.69) is 41.5 Å². The van der Waals surface area contributed by atoms with Crippen molar-refractivity contribution in [3.8, 4) is 0 Å². The fourth-order valence-corrected chi connectivity index (χ4v) is 3.69. The molecule has 1 aromatic rings. The highest BCUT2D eigenvalue weighted by molar-refractivity contribution is 8.00. The number of nitrogens with one attached hydrogen (secondary N) is 2. The van der Waals surface area contributed by atoms with Gasteiger partial charge in [0.05, 0.1) is 0 Å². The van der Waals surface area contributed by atoms with E-state index in [1.165, 1.54) is 18.6 Å². The minimum atomic E-state index is 0.315. The third-order valence-corrected chi connectivity index (χ3v) is 5.07. The zero-order valence-corrected chi connectivity index (χ0v) is 12.7. The van der Waals surface area contributed by atoms with Crippen LogP contribution in [0.3, 0.4) is 0 Å². The Balaban J connectivity index is 2.15. The number of rotatable bonds is 5. The van der Waals surface area contributed by atoms with Crippen LogP contribution in [0, 0.1) is 0 Å². The molecular formula is C13H23N5S. The summed E-state index contributed by atoms with van der Waals surface area (Å²) >= 11 is 2.04. The molecule has 1 atom stereocenters. The van der Waals surface area contributed by atoms with Crippen molar-refractivity contribution in [3.63, 3.8) is 0 Å². The monoisotopic (exact) mass is 281 g/mol. The average molecular weight is 281 g/mol. The molecule has 0 radical (unpaired) electrons. The minimum absolute atomic E-state index is 0.315. The van der Waals surface area contributed by atoms with Crippen LogP contribution in [0.25, 0.3) is 0 Å². The molecule has 1 aliphatic heterocycles. The predicted octanol–water partition coefficient (Wildman–Crippen LogP) is 2.58. The van der Waals surface area contributed by atoms with Gasteiger partial charge in [0, 0.05) is 16.9 Å². The molecule has 1 saturated heterocycles. The molecule has 1 unspecified atom stereocenters. The number of hydrogen-bond acceptors (Lipinski definition) is 6. The van der Waals surface area contributed by atoms with E-state index in [0.29, 0.717) is 16.5 Å². The summed E-state index contributed by atoms with van der Waals surface area (Å²) in [6, 6.07) is 0. The Kier molecular flexibility index (Phi) is 4.52. The molecule has 1 aromatic heterocycles. The maximum Gasteiger partial charge on any atom is 0.148 e. The first-order valence-corrected chi connectivity index (χ1v) is 7.73. The molecule has 4 N–H and O–H groups in total. The highest BCUT2D eigenvalue weighted by atomic mass is 32.2. The summed E-state index contributed by atoms with van der Waals surface area (Å²) in [5.41, 5.74) is 3.71. The maximum atomic E-state index is 5.53. The zero-order chi connectivity index (χ0) is 13.9. The van der Waals surface area contributed by atoms with Gasteiger partial charge in [-0.2, -0.15) is 11.8 Å². The lowest BCUT2D eigenvalue weighted by atomic mass is 10.0. The molecule has 0 aliphatic carbocycles. The van der Waals surface area contributed by atoms with Crippen molar-refractivity contribution in [2.75, 3.05) is 23.0 Å². The lowest BCUT2D eigenvalue weighted by Crippen LogP contribution is -2.28. The third-order valence-electron chi connectivity index (χ3n) is 3.53. The average Bonchev–Trinajstić information content (AvgIpc) is 2.83. The smallest absolute Gasteiger partial charge is 0.148 e. The molecular weight excluding hydrogens is 258 g/mol. The van der Waals surface area contributed by atoms with Crippen molar-refractivity contribution in [3.05, 3.63) is 11.9 Å². The Morgan fingerprint density at radius 3 is 2.74 bits per heavy atom. The van der Waals surface area contributed by atoms with Crippen LogP contribution in [0.2, 0.25) is 0 Å². The topological polar surface area (TPSA) is 75.9 Å². The van der Waals surface area contributed by atoms with Crippen molar-refractivity contribution in [2.24, 2.45) is 5.84 Å². The molecule has 2 heterocycles. The summed E-state index contributed by atoms with van der Waals surface area (Å²) in [7, 11) is 0. The molecule has 0 saturated carbocycles. The van der Waals surface area contributed by atoms with Gasteiger partial charge in [-0.3, -0.25) is 0 Å². The maximum absolute atomic E-state index is 5.53. The summed E-state index contributed by atoms with van der Waals surface area (Å²) in [6.45, 7) is 7.49. The van der Waals surface area contributed by atoms with Crippen molar-refractivity contribution >= 4 is 23.4 Å². The summed E-state index contributed by atoms with van der Waals surface area (Å²) in [5.74, 6) is 8.71. The zero-order valence-electron chi connectivity index (χ0n) is 11.9. The van der Waals surface area contributed by atoms with Gasteiger partial charge in [-0.05, 0) is 31.4 Å². The highest BCUT2D eigenvalue weighted by Gasteiger charge is 2.29. The first-order chi connectivity index (χ1) is 9.06. The Morgan fingerprint density at radius 1 is 1.42 bits per heavy atom. The van der Waals surface area contributed by atoms with Gasteiger partial charge in [-0.25, -0.2) is 15.8 Å². The van der Waals surface area contributed by atoms with Crippen LogP contribution in [-0.4, -0.2) is 27.0 Å². The van der Waals surface area contributed by atoms with Gasteiger partial charge in [0.25, 0.3) is 0 Å². The third kappa shape index (κ3) is 3.30. The summed E-state index contributed by atoms with van der Waals surface area (Å²) in [4.78, 5) is 8.56. The minimum Gasteiger partial charge on any atom is -0.368 e. The molecule has 0 aromatic carbocycles. The van der Waals surface area contributed by atoms with Crippen LogP contribution in [-0.2, 0) is 0 Å². The highest BCUT2D eigenvalue weighted by Crippen LogP contribution is 2.38. The number of nitrogens with two attached hydrogens (primary N) is 1. The van der Waals surface area contributed by atoms with Crippen LogP contribution in [0.4, 0.5) is 11.6 Å². The van der Waals surface area contributed by atoms with Crippen LogP contribution in [0.15, 0.2) is 6.33 Å². The standard InChI is InChI=1S/C13H23N5S/c1-9(2)10-11(16-8-17-12(10)18-14)15-7-13(3)5-4-6-19-13/h8-9H,4-7,14H2,1-3H3,(H2,15,16,17,18). The Labute approximate surface area is 119 Å². The molecule has 19 heavy (non-hydrogen) atoms. The van der Waals surface area contributed by atoms with E-state index < -0.39 is 0 Å². The van der Waals surface area contributed by atoms with Crippen molar-refractivity contribution in [1.82, 2.24) is 9.97 Å². The molecule has 0 amide bonds. The van der Waals surface area contributed by atoms with E-state index in [0.717, 1.165) is 17.9 Å². The van der Waals surface area contributed by atoms with Gasteiger partial charge in [0.1, 0.15) is 18.0 Å². The molecule has 1 fully saturated rings. The first kappa shape index (κ1) is 14.4. The molecule has 106 valence electrons. The first-order valence-electron chi connectivity index (χ1n) is 6.75. The lowest BCUT2D eigenvalue weighted by molar-refractivity contribution is 0.632. The van der Waals surface area contributed by atoms with Gasteiger partial charge in [0.2, 0.25) is 0 Å². The number of anilines is 2. The van der Waals surface area contributed by atoms with Crippen molar-refractivity contribution in [2.45, 2.75) is 44.3 Å². The molecule has 2 rings (SSSR count). The van der Waals surface area contributed by atoms with Gasteiger partial charge in [-0.1, -0.05) is 13.8 Å².